The molecule has 2 rings (SSSR count). The van der Waals surface area contributed by atoms with Gasteiger partial charge in [0.1, 0.15) is 11.5 Å². The van der Waals surface area contributed by atoms with Crippen molar-refractivity contribution in [1.29, 1.82) is 0 Å². The zero-order valence-electron chi connectivity index (χ0n) is 8.10. The van der Waals surface area contributed by atoms with Gasteiger partial charge in [-0.2, -0.15) is 0 Å². The van der Waals surface area contributed by atoms with Crippen LogP contribution in [-0.4, -0.2) is 0 Å². The van der Waals surface area contributed by atoms with Gasteiger partial charge in [0.25, 0.3) is 0 Å². The minimum Gasteiger partial charge on any atom is -0.456 e. The Labute approximate surface area is 89.3 Å². The zero-order valence-corrected chi connectivity index (χ0v) is 8.10. The second kappa shape index (κ2) is 4.34. The van der Waals surface area contributed by atoms with E-state index in [4.69, 9.17) is 11.2 Å². The van der Waals surface area contributed by atoms with E-state index in [0.717, 1.165) is 5.75 Å². The normalized spacial score (nSPS) is 9.27. The first-order chi connectivity index (χ1) is 7.40. The Bertz CT molecular complexity index is 480. The van der Waals surface area contributed by atoms with Crippen LogP contribution in [-0.2, 0) is 0 Å². The van der Waals surface area contributed by atoms with Gasteiger partial charge in [0, 0.05) is 0 Å². The molecule has 0 aliphatic heterocycles. The molecule has 1 nitrogen and oxygen atoms in total. The van der Waals surface area contributed by atoms with Gasteiger partial charge in [-0.15, -0.1) is 0 Å². The minimum atomic E-state index is 0.652. The molecule has 0 spiro atoms. The Morgan fingerprint density at radius 1 is 0.867 bits per heavy atom. The average molecular weight is 193 g/mol. The molecule has 0 aliphatic carbocycles. The molecule has 0 amide bonds. The van der Waals surface area contributed by atoms with Gasteiger partial charge in [0.15, 0.2) is 0 Å². The van der Waals surface area contributed by atoms with Crippen molar-refractivity contribution < 1.29 is 4.74 Å². The number of para-hydroxylation sites is 2. The quantitative estimate of drug-likeness (QED) is 0.664. The summed E-state index contributed by atoms with van der Waals surface area (Å²) in [5.41, 5.74) is 0.654. The lowest BCUT2D eigenvalue weighted by atomic mass is 10.2. The standard InChI is InChI=1S/C14H9O/c1-2-12-8-6-7-11-14(12)15-13-9-4-3-5-10-13/h3-11H. The third-order valence-electron chi connectivity index (χ3n) is 1.99. The highest BCUT2D eigenvalue weighted by molar-refractivity contribution is 5.45. The maximum absolute atomic E-state index is 7.12. The van der Waals surface area contributed by atoms with Gasteiger partial charge in [0.05, 0.1) is 5.56 Å². The molecule has 2 aromatic carbocycles. The van der Waals surface area contributed by atoms with Gasteiger partial charge in [-0.25, -0.2) is 0 Å². The largest absolute Gasteiger partial charge is 0.456 e. The number of hydrogen-bond acceptors (Lipinski definition) is 1. The summed E-state index contributed by atoms with van der Waals surface area (Å²) in [5, 5.41) is 0. The van der Waals surface area contributed by atoms with Gasteiger partial charge in [-0.1, -0.05) is 30.3 Å². The lowest BCUT2D eigenvalue weighted by Gasteiger charge is -2.06. The Balaban J connectivity index is 2.29. The second-order valence-corrected chi connectivity index (χ2v) is 3.04. The van der Waals surface area contributed by atoms with E-state index < -0.39 is 0 Å². The van der Waals surface area contributed by atoms with Gasteiger partial charge in [-0.05, 0) is 36.6 Å². The predicted octanol–water partition coefficient (Wildman–Crippen LogP) is 3.42. The van der Waals surface area contributed by atoms with Crippen molar-refractivity contribution in [2.24, 2.45) is 0 Å². The van der Waals surface area contributed by atoms with Crippen molar-refractivity contribution in [2.75, 3.05) is 0 Å². The first-order valence-corrected chi connectivity index (χ1v) is 4.65. The summed E-state index contributed by atoms with van der Waals surface area (Å²) in [6.45, 7) is 0. The van der Waals surface area contributed by atoms with Crippen molar-refractivity contribution in [3.63, 3.8) is 0 Å². The summed E-state index contributed by atoms with van der Waals surface area (Å²) in [4.78, 5) is 0. The molecule has 0 aromatic heterocycles. The van der Waals surface area contributed by atoms with Crippen LogP contribution in [0, 0.1) is 12.3 Å². The lowest BCUT2D eigenvalue weighted by Crippen LogP contribution is -1.86. The van der Waals surface area contributed by atoms with E-state index in [1.165, 1.54) is 0 Å². The van der Waals surface area contributed by atoms with Crippen LogP contribution in [0.3, 0.4) is 0 Å². The molecule has 0 bridgehead atoms. The van der Waals surface area contributed by atoms with Crippen molar-refractivity contribution in [3.8, 4) is 17.4 Å². The van der Waals surface area contributed by atoms with Crippen molar-refractivity contribution in [1.82, 2.24) is 0 Å². The van der Waals surface area contributed by atoms with Crippen LogP contribution in [0.5, 0.6) is 11.5 Å². The Kier molecular flexibility index (Phi) is 2.71. The summed E-state index contributed by atoms with van der Waals surface area (Å²) in [5.74, 6) is 3.76. The lowest BCUT2D eigenvalue weighted by molar-refractivity contribution is 0.481. The highest BCUT2D eigenvalue weighted by Crippen LogP contribution is 2.23. The van der Waals surface area contributed by atoms with E-state index in [2.05, 4.69) is 5.92 Å². The summed E-state index contributed by atoms with van der Waals surface area (Å²) in [6.07, 6.45) is 7.12. The smallest absolute Gasteiger partial charge is 0.143 e. The molecule has 0 saturated carbocycles. The SMILES string of the molecule is [C]#Cc1ccccc1Oc1ccccc1. The molecule has 2 aromatic rings. The summed E-state index contributed by atoms with van der Waals surface area (Å²) < 4.78 is 5.62. The van der Waals surface area contributed by atoms with Crippen molar-refractivity contribution in [2.45, 2.75) is 0 Å². The van der Waals surface area contributed by atoms with Gasteiger partial charge >= 0.3 is 0 Å². The maximum atomic E-state index is 7.12. The van der Waals surface area contributed by atoms with E-state index in [-0.39, 0.29) is 0 Å². The third-order valence-corrected chi connectivity index (χ3v) is 1.99. The molecule has 0 saturated heterocycles. The van der Waals surface area contributed by atoms with Crippen molar-refractivity contribution in [3.05, 3.63) is 66.6 Å². The Morgan fingerprint density at radius 2 is 1.53 bits per heavy atom. The molecular formula is C14H9O. The van der Waals surface area contributed by atoms with Crippen LogP contribution in [0.15, 0.2) is 54.6 Å². The molecule has 0 atom stereocenters. The minimum absolute atomic E-state index is 0.652. The van der Waals surface area contributed by atoms with Crippen LogP contribution in [0.2, 0.25) is 0 Å². The van der Waals surface area contributed by atoms with Crippen LogP contribution >= 0.6 is 0 Å². The van der Waals surface area contributed by atoms with E-state index >= 15 is 0 Å². The maximum Gasteiger partial charge on any atom is 0.143 e. The van der Waals surface area contributed by atoms with E-state index in [1.807, 2.05) is 48.5 Å². The Morgan fingerprint density at radius 3 is 2.27 bits per heavy atom. The highest BCUT2D eigenvalue weighted by Gasteiger charge is 2.00. The molecular weight excluding hydrogens is 184 g/mol. The van der Waals surface area contributed by atoms with Crippen LogP contribution < -0.4 is 4.74 Å². The van der Waals surface area contributed by atoms with Crippen LogP contribution in [0.1, 0.15) is 5.56 Å². The number of hydrogen-bond donors (Lipinski definition) is 0. The molecule has 0 unspecified atom stereocenters. The molecule has 1 heteroatoms. The fraction of sp³-hybridized carbons (Fsp3) is 0. The topological polar surface area (TPSA) is 9.23 Å². The summed E-state index contributed by atoms with van der Waals surface area (Å²) in [6, 6.07) is 16.9. The van der Waals surface area contributed by atoms with Gasteiger partial charge < -0.3 is 4.74 Å². The molecule has 71 valence electrons. The van der Waals surface area contributed by atoms with Crippen LogP contribution in [0.4, 0.5) is 0 Å². The molecule has 0 fully saturated rings. The molecule has 0 heterocycles. The number of ether oxygens (including phenoxy) is 1. The fourth-order valence-corrected chi connectivity index (χ4v) is 1.27. The number of benzene rings is 2. The first kappa shape index (κ1) is 9.36. The van der Waals surface area contributed by atoms with E-state index in [0.29, 0.717) is 11.3 Å². The first-order valence-electron chi connectivity index (χ1n) is 4.65. The second-order valence-electron chi connectivity index (χ2n) is 3.04. The Hall–Kier alpha value is -2.20. The predicted molar refractivity (Wildman–Crippen MR) is 59.2 cm³/mol. The monoisotopic (exact) mass is 193 g/mol. The third kappa shape index (κ3) is 2.18. The molecule has 1 radical (unpaired) electrons. The summed E-state index contributed by atoms with van der Waals surface area (Å²) >= 11 is 0. The van der Waals surface area contributed by atoms with Gasteiger partial charge in [0.2, 0.25) is 0 Å². The highest BCUT2D eigenvalue weighted by atomic mass is 16.5. The van der Waals surface area contributed by atoms with E-state index in [1.54, 1.807) is 6.07 Å². The molecule has 0 aliphatic rings. The molecule has 15 heavy (non-hydrogen) atoms. The van der Waals surface area contributed by atoms with Crippen molar-refractivity contribution >= 4 is 0 Å². The van der Waals surface area contributed by atoms with Gasteiger partial charge in [-0.3, -0.25) is 0 Å². The average Bonchev–Trinajstić information content (AvgIpc) is 2.31. The fourth-order valence-electron chi connectivity index (χ4n) is 1.27. The number of rotatable bonds is 2. The zero-order chi connectivity index (χ0) is 10.5. The van der Waals surface area contributed by atoms with Crippen LogP contribution in [0.25, 0.3) is 0 Å². The summed E-state index contributed by atoms with van der Waals surface area (Å²) in [7, 11) is 0. The van der Waals surface area contributed by atoms with E-state index in [9.17, 15) is 0 Å². The molecule has 0 N–H and O–H groups in total.